The van der Waals surface area contributed by atoms with Crippen LogP contribution in [-0.4, -0.2) is 23.9 Å². The average molecular weight is 601 g/mol. The molecule has 11 heteroatoms. The summed E-state index contributed by atoms with van der Waals surface area (Å²) in [5.74, 6) is -0.354. The molecule has 0 saturated heterocycles. The summed E-state index contributed by atoms with van der Waals surface area (Å²) in [6, 6.07) is 24.4. The van der Waals surface area contributed by atoms with Crippen molar-refractivity contribution in [1.29, 1.82) is 10.5 Å². The highest BCUT2D eigenvalue weighted by Crippen LogP contribution is 2.49. The van der Waals surface area contributed by atoms with E-state index < -0.39 is 5.44 Å². The topological polar surface area (TPSA) is 112 Å². The number of nitrogens with zero attached hydrogens (tertiary/aromatic N) is 4. The van der Waals surface area contributed by atoms with Crippen molar-refractivity contribution in [2.45, 2.75) is 36.8 Å². The first-order valence-corrected chi connectivity index (χ1v) is 14.8. The molecule has 4 N–H and O–H groups in total. The summed E-state index contributed by atoms with van der Waals surface area (Å²) in [5.41, 5.74) is 9.32. The number of nitrogens with one attached hydrogen (secondary N) is 4. The van der Waals surface area contributed by atoms with Crippen LogP contribution in [0.4, 0.5) is 15.8 Å². The van der Waals surface area contributed by atoms with Crippen molar-refractivity contribution < 1.29 is 4.39 Å². The average Bonchev–Trinajstić information content (AvgIpc) is 3.98. The van der Waals surface area contributed by atoms with Gasteiger partial charge in [-0.2, -0.15) is 10.5 Å². The molecular formula is C33H27BClFN8. The minimum atomic E-state index is -1.31. The van der Waals surface area contributed by atoms with Gasteiger partial charge in [0.05, 0.1) is 51.0 Å². The van der Waals surface area contributed by atoms with E-state index in [4.69, 9.17) is 19.4 Å². The van der Waals surface area contributed by atoms with Crippen molar-refractivity contribution in [3.05, 3.63) is 112 Å². The Morgan fingerprint density at radius 3 is 2.57 bits per heavy atom. The van der Waals surface area contributed by atoms with E-state index in [0.717, 1.165) is 24.8 Å². The Bertz CT molecular complexity index is 1850. The normalized spacial score (nSPS) is 20.9. The molecular weight excluding hydrogens is 574 g/mol. The summed E-state index contributed by atoms with van der Waals surface area (Å²) >= 11 is 6.83. The molecule has 4 aromatic rings. The zero-order valence-electron chi connectivity index (χ0n) is 23.6. The molecule has 2 fully saturated rings. The first-order chi connectivity index (χ1) is 21.4. The Morgan fingerprint density at radius 2 is 1.89 bits per heavy atom. The third-order valence-corrected chi connectivity index (χ3v) is 8.82. The number of fused-ring (bicyclic) bond motifs is 1. The first-order valence-electron chi connectivity index (χ1n) is 14.5. The van der Waals surface area contributed by atoms with Crippen LogP contribution in [0.1, 0.15) is 42.0 Å². The number of anilines is 2. The molecule has 216 valence electrons. The SMILES string of the molecule is [B]C(Nc1cc(Cl)c2ncc(C#N)c(NC(c3ccccc3)[C@@H]3CC3C#N)c2c1)(C1=CN(C2CC2)NN1)c1ccc(F)cc1. The maximum atomic E-state index is 13.9. The van der Waals surface area contributed by atoms with Crippen molar-refractivity contribution in [2.75, 3.05) is 10.6 Å². The Labute approximate surface area is 260 Å². The second-order valence-corrected chi connectivity index (χ2v) is 11.9. The van der Waals surface area contributed by atoms with E-state index in [1.165, 1.54) is 18.3 Å². The number of hydrogen-bond donors (Lipinski definition) is 4. The molecule has 8 nitrogen and oxygen atoms in total. The van der Waals surface area contributed by atoms with Crippen molar-refractivity contribution >= 4 is 41.7 Å². The number of halogens is 2. The summed E-state index contributed by atoms with van der Waals surface area (Å²) in [4.78, 5) is 4.52. The Morgan fingerprint density at radius 1 is 1.11 bits per heavy atom. The van der Waals surface area contributed by atoms with Crippen LogP contribution in [0.15, 0.2) is 84.8 Å². The molecule has 4 atom stereocenters. The van der Waals surface area contributed by atoms with E-state index in [-0.39, 0.29) is 23.7 Å². The molecule has 3 unspecified atom stereocenters. The number of hydrogen-bond acceptors (Lipinski definition) is 8. The maximum Gasteiger partial charge on any atom is 0.123 e. The molecule has 2 aliphatic carbocycles. The number of aromatic nitrogens is 1. The molecule has 1 aliphatic heterocycles. The van der Waals surface area contributed by atoms with E-state index in [9.17, 15) is 14.9 Å². The van der Waals surface area contributed by atoms with Crippen molar-refractivity contribution in [1.82, 2.24) is 21.0 Å². The van der Waals surface area contributed by atoms with Gasteiger partial charge in [0.15, 0.2) is 0 Å². The van der Waals surface area contributed by atoms with Gasteiger partial charge in [-0.05, 0) is 54.7 Å². The molecule has 0 spiro atoms. The second kappa shape index (κ2) is 11.1. The number of rotatable bonds is 9. The highest BCUT2D eigenvalue weighted by molar-refractivity contribution is 6.36. The zero-order valence-corrected chi connectivity index (χ0v) is 24.3. The lowest BCUT2D eigenvalue weighted by Gasteiger charge is -2.34. The summed E-state index contributed by atoms with van der Waals surface area (Å²) < 4.78 is 13.9. The minimum absolute atomic E-state index is 0.0725. The molecule has 2 heterocycles. The van der Waals surface area contributed by atoms with Gasteiger partial charge in [-0.15, -0.1) is 5.53 Å². The van der Waals surface area contributed by atoms with Gasteiger partial charge in [-0.25, -0.2) is 4.39 Å². The summed E-state index contributed by atoms with van der Waals surface area (Å²) in [5, 5.41) is 29.8. The van der Waals surface area contributed by atoms with Crippen LogP contribution in [0.2, 0.25) is 5.02 Å². The molecule has 1 aromatic heterocycles. The van der Waals surface area contributed by atoms with Crippen LogP contribution in [0, 0.1) is 40.3 Å². The predicted octanol–water partition coefficient (Wildman–Crippen LogP) is 5.97. The van der Waals surface area contributed by atoms with Gasteiger partial charge in [0.2, 0.25) is 0 Å². The number of benzene rings is 3. The Hall–Kier alpha value is -4.77. The standard InChI is InChI=1S/C33H27BClFN8/c34-33(22-6-8-23(36)9-7-22,29-18-44(43-42-29)25-10-11-25)41-24-13-27-31(21(16-38)17-39-32(27)28(35)14-24)40-30(26-12-20(26)15-37)19-4-2-1-3-5-19/h1-9,13-14,17-18,20,25-26,30,41-43H,10-12H2,(H,39,40)/t20?,26-,30?,33?/m1/s1. The molecule has 3 aliphatic rings. The molecule has 0 bridgehead atoms. The highest BCUT2D eigenvalue weighted by Gasteiger charge is 2.44. The van der Waals surface area contributed by atoms with Crippen LogP contribution < -0.4 is 21.6 Å². The Balaban J connectivity index is 1.32. The fourth-order valence-corrected chi connectivity index (χ4v) is 6.14. The summed E-state index contributed by atoms with van der Waals surface area (Å²) in [6.07, 6.45) is 6.35. The van der Waals surface area contributed by atoms with Gasteiger partial charge in [-0.1, -0.05) is 54.1 Å². The largest absolute Gasteiger partial charge is 0.378 e. The van der Waals surface area contributed by atoms with Gasteiger partial charge in [-0.3, -0.25) is 9.99 Å². The quantitative estimate of drug-likeness (QED) is 0.174. The molecule has 7 rings (SSSR count). The van der Waals surface area contributed by atoms with E-state index in [1.54, 1.807) is 18.2 Å². The lowest BCUT2D eigenvalue weighted by molar-refractivity contribution is 0.260. The van der Waals surface area contributed by atoms with Crippen LogP contribution in [0.3, 0.4) is 0 Å². The van der Waals surface area contributed by atoms with E-state index in [1.807, 2.05) is 47.6 Å². The van der Waals surface area contributed by atoms with Crippen molar-refractivity contribution in [3.63, 3.8) is 0 Å². The minimum Gasteiger partial charge on any atom is -0.378 e. The zero-order chi connectivity index (χ0) is 30.4. The monoisotopic (exact) mass is 600 g/mol. The Kier molecular flexibility index (Phi) is 7.05. The van der Waals surface area contributed by atoms with Gasteiger partial charge in [0.25, 0.3) is 0 Å². The third kappa shape index (κ3) is 5.17. The molecule has 3 aromatic carbocycles. The van der Waals surface area contributed by atoms with Crippen LogP contribution in [-0.2, 0) is 5.44 Å². The van der Waals surface area contributed by atoms with E-state index >= 15 is 0 Å². The smallest absolute Gasteiger partial charge is 0.123 e. The van der Waals surface area contributed by atoms with Crippen LogP contribution in [0.25, 0.3) is 10.9 Å². The van der Waals surface area contributed by atoms with E-state index in [2.05, 4.69) is 38.7 Å². The molecule has 2 saturated carbocycles. The summed E-state index contributed by atoms with van der Waals surface area (Å²) in [6.45, 7) is 0. The lowest BCUT2D eigenvalue weighted by Crippen LogP contribution is -2.45. The van der Waals surface area contributed by atoms with Crippen LogP contribution in [0.5, 0.6) is 0 Å². The molecule has 0 amide bonds. The van der Waals surface area contributed by atoms with Gasteiger partial charge in [0.1, 0.15) is 19.7 Å². The van der Waals surface area contributed by atoms with E-state index in [0.29, 0.717) is 50.2 Å². The van der Waals surface area contributed by atoms with Crippen molar-refractivity contribution in [2.24, 2.45) is 11.8 Å². The second-order valence-electron chi connectivity index (χ2n) is 11.5. The van der Waals surface area contributed by atoms with Gasteiger partial charge >= 0.3 is 0 Å². The van der Waals surface area contributed by atoms with Crippen molar-refractivity contribution in [3.8, 4) is 12.1 Å². The number of pyridine rings is 1. The maximum absolute atomic E-state index is 13.9. The summed E-state index contributed by atoms with van der Waals surface area (Å²) in [7, 11) is 7.12. The van der Waals surface area contributed by atoms with Crippen LogP contribution >= 0.6 is 11.6 Å². The molecule has 2 radical (unpaired) electrons. The number of nitriles is 2. The molecule has 44 heavy (non-hydrogen) atoms. The predicted molar refractivity (Wildman–Crippen MR) is 168 cm³/mol. The number of hydrazine groups is 2. The fraction of sp³-hybridized carbons (Fsp3) is 0.242. The van der Waals surface area contributed by atoms with Gasteiger partial charge in [0, 0.05) is 35.4 Å². The highest BCUT2D eigenvalue weighted by atomic mass is 35.5. The van der Waals surface area contributed by atoms with Gasteiger partial charge < -0.3 is 16.1 Å². The third-order valence-electron chi connectivity index (χ3n) is 8.53. The fourth-order valence-electron chi connectivity index (χ4n) is 5.87. The lowest BCUT2D eigenvalue weighted by atomic mass is 9.69. The first kappa shape index (κ1) is 28.0.